The lowest BCUT2D eigenvalue weighted by molar-refractivity contribution is 0.624. The summed E-state index contributed by atoms with van der Waals surface area (Å²) in [6.07, 6.45) is 0. The van der Waals surface area contributed by atoms with Crippen LogP contribution >= 0.6 is 11.6 Å². The first-order chi connectivity index (χ1) is 10.2. The van der Waals surface area contributed by atoms with E-state index in [2.05, 4.69) is 13.8 Å². The van der Waals surface area contributed by atoms with Crippen LogP contribution in [0.4, 0.5) is 8.78 Å². The van der Waals surface area contributed by atoms with Crippen molar-refractivity contribution in [3.8, 4) is 0 Å². The summed E-state index contributed by atoms with van der Waals surface area (Å²) in [5, 5.41) is 0.205. The minimum Gasteiger partial charge on any atom is -0.207 e. The molecule has 0 amide bonds. The molecule has 0 aromatic heterocycles. The SMILES string of the molecule is CC(C)c1ccc(F)c(Cl)c1.Cc1cc(F)ccc1C(C)C. The van der Waals surface area contributed by atoms with Gasteiger partial charge in [-0.3, -0.25) is 0 Å². The second-order valence-electron chi connectivity index (χ2n) is 5.98. The quantitative estimate of drug-likeness (QED) is 0.566. The highest BCUT2D eigenvalue weighted by Crippen LogP contribution is 2.21. The molecule has 0 aliphatic heterocycles. The monoisotopic (exact) mass is 324 g/mol. The lowest BCUT2D eigenvalue weighted by Gasteiger charge is -2.08. The maximum atomic E-state index is 12.6. The first kappa shape index (κ1) is 18.6. The molecule has 2 aromatic carbocycles. The molecular formula is C19H23ClF2. The lowest BCUT2D eigenvalue weighted by atomic mass is 9.98. The van der Waals surface area contributed by atoms with E-state index in [0.29, 0.717) is 11.8 Å². The van der Waals surface area contributed by atoms with E-state index < -0.39 is 0 Å². The highest BCUT2D eigenvalue weighted by molar-refractivity contribution is 6.30. The van der Waals surface area contributed by atoms with Gasteiger partial charge in [0.1, 0.15) is 11.6 Å². The first-order valence-corrected chi connectivity index (χ1v) is 7.81. The summed E-state index contributed by atoms with van der Waals surface area (Å²) in [7, 11) is 0. The molecule has 0 N–H and O–H groups in total. The second kappa shape index (κ2) is 8.28. The predicted molar refractivity (Wildman–Crippen MR) is 90.7 cm³/mol. The van der Waals surface area contributed by atoms with Crippen molar-refractivity contribution in [2.24, 2.45) is 0 Å². The van der Waals surface area contributed by atoms with E-state index in [-0.39, 0.29) is 16.7 Å². The smallest absolute Gasteiger partial charge is 0.141 e. The number of rotatable bonds is 2. The molecule has 0 bridgehead atoms. The van der Waals surface area contributed by atoms with E-state index in [1.54, 1.807) is 18.2 Å². The Kier molecular flexibility index (Phi) is 7.02. The molecule has 0 atom stereocenters. The minimum absolute atomic E-state index is 0.146. The molecular weight excluding hydrogens is 302 g/mol. The van der Waals surface area contributed by atoms with E-state index in [0.717, 1.165) is 11.1 Å². The summed E-state index contributed by atoms with van der Waals surface area (Å²) in [5.74, 6) is 0.381. The van der Waals surface area contributed by atoms with Gasteiger partial charge in [0.25, 0.3) is 0 Å². The number of aryl methyl sites for hydroxylation is 1. The molecule has 0 aliphatic rings. The normalized spacial score (nSPS) is 10.6. The van der Waals surface area contributed by atoms with Crippen molar-refractivity contribution in [1.82, 2.24) is 0 Å². The maximum absolute atomic E-state index is 12.6. The number of hydrogen-bond donors (Lipinski definition) is 0. The molecule has 0 saturated heterocycles. The molecule has 2 aromatic rings. The van der Waals surface area contributed by atoms with Crippen molar-refractivity contribution >= 4 is 11.6 Å². The van der Waals surface area contributed by atoms with Gasteiger partial charge in [0, 0.05) is 0 Å². The maximum Gasteiger partial charge on any atom is 0.141 e. The Morgan fingerprint density at radius 1 is 0.864 bits per heavy atom. The van der Waals surface area contributed by atoms with Gasteiger partial charge >= 0.3 is 0 Å². The fourth-order valence-corrected chi connectivity index (χ4v) is 2.35. The van der Waals surface area contributed by atoms with Gasteiger partial charge in [-0.2, -0.15) is 0 Å². The average molecular weight is 325 g/mol. The molecule has 22 heavy (non-hydrogen) atoms. The predicted octanol–water partition coefficient (Wildman–Crippen LogP) is 6.86. The molecule has 0 aliphatic carbocycles. The fourth-order valence-electron chi connectivity index (χ4n) is 2.16. The number of benzene rings is 2. The molecule has 0 spiro atoms. The molecule has 0 fully saturated rings. The largest absolute Gasteiger partial charge is 0.207 e. The molecule has 2 rings (SSSR count). The summed E-state index contributed by atoms with van der Waals surface area (Å²) in [5.41, 5.74) is 3.34. The molecule has 0 saturated carbocycles. The van der Waals surface area contributed by atoms with Crippen molar-refractivity contribution in [2.45, 2.75) is 46.5 Å². The molecule has 0 unspecified atom stereocenters. The fraction of sp³-hybridized carbons (Fsp3) is 0.368. The first-order valence-electron chi connectivity index (χ1n) is 7.43. The van der Waals surface area contributed by atoms with Gasteiger partial charge in [0.2, 0.25) is 0 Å². The van der Waals surface area contributed by atoms with Gasteiger partial charge in [-0.25, -0.2) is 8.78 Å². The Morgan fingerprint density at radius 2 is 1.50 bits per heavy atom. The highest BCUT2D eigenvalue weighted by atomic mass is 35.5. The van der Waals surface area contributed by atoms with Crippen molar-refractivity contribution in [1.29, 1.82) is 0 Å². The zero-order valence-corrected chi connectivity index (χ0v) is 14.5. The summed E-state index contributed by atoms with van der Waals surface area (Å²) in [6.45, 7) is 10.3. The Labute approximate surface area is 137 Å². The minimum atomic E-state index is -0.351. The van der Waals surface area contributed by atoms with Crippen LogP contribution in [0.1, 0.15) is 56.2 Å². The molecule has 3 heteroatoms. The lowest BCUT2D eigenvalue weighted by Crippen LogP contribution is -1.91. The number of halogens is 3. The third-order valence-corrected chi connectivity index (χ3v) is 3.75. The summed E-state index contributed by atoms with van der Waals surface area (Å²) >= 11 is 5.58. The van der Waals surface area contributed by atoms with Gasteiger partial charge in [0.15, 0.2) is 0 Å². The third-order valence-electron chi connectivity index (χ3n) is 3.46. The van der Waals surface area contributed by atoms with E-state index in [4.69, 9.17) is 11.6 Å². The van der Waals surface area contributed by atoms with Crippen molar-refractivity contribution < 1.29 is 8.78 Å². The second-order valence-corrected chi connectivity index (χ2v) is 6.39. The zero-order chi connectivity index (χ0) is 16.9. The molecule has 0 nitrogen and oxygen atoms in total. The Bertz CT molecular complexity index is 619. The van der Waals surface area contributed by atoms with Gasteiger partial charge in [-0.15, -0.1) is 0 Å². The van der Waals surface area contributed by atoms with Crippen LogP contribution in [-0.2, 0) is 0 Å². The van der Waals surface area contributed by atoms with Crippen molar-refractivity contribution in [3.63, 3.8) is 0 Å². The van der Waals surface area contributed by atoms with Crippen LogP contribution in [0.2, 0.25) is 5.02 Å². The molecule has 120 valence electrons. The summed E-state index contributed by atoms with van der Waals surface area (Å²) in [4.78, 5) is 0. The molecule has 0 radical (unpaired) electrons. The van der Waals surface area contributed by atoms with Crippen LogP contribution in [0.3, 0.4) is 0 Å². The van der Waals surface area contributed by atoms with Crippen molar-refractivity contribution in [2.75, 3.05) is 0 Å². The van der Waals surface area contributed by atoms with Gasteiger partial charge in [-0.05, 0) is 59.7 Å². The summed E-state index contributed by atoms with van der Waals surface area (Å²) in [6, 6.07) is 9.78. The van der Waals surface area contributed by atoms with Crippen LogP contribution in [0.25, 0.3) is 0 Å². The third kappa shape index (κ3) is 5.42. The Hall–Kier alpha value is -1.41. The Morgan fingerprint density at radius 3 is 1.95 bits per heavy atom. The van der Waals surface area contributed by atoms with Gasteiger partial charge in [-0.1, -0.05) is 51.4 Å². The van der Waals surface area contributed by atoms with Crippen LogP contribution in [0.5, 0.6) is 0 Å². The van der Waals surface area contributed by atoms with E-state index in [1.165, 1.54) is 17.7 Å². The van der Waals surface area contributed by atoms with Crippen LogP contribution in [0, 0.1) is 18.6 Å². The Balaban J connectivity index is 0.000000220. The molecule has 0 heterocycles. The zero-order valence-electron chi connectivity index (χ0n) is 13.8. The van der Waals surface area contributed by atoms with Crippen LogP contribution in [0.15, 0.2) is 36.4 Å². The summed E-state index contributed by atoms with van der Waals surface area (Å²) < 4.78 is 25.2. The van der Waals surface area contributed by atoms with E-state index in [1.807, 2.05) is 26.8 Å². The van der Waals surface area contributed by atoms with Gasteiger partial charge < -0.3 is 0 Å². The highest BCUT2D eigenvalue weighted by Gasteiger charge is 2.03. The topological polar surface area (TPSA) is 0 Å². The van der Waals surface area contributed by atoms with Crippen molar-refractivity contribution in [3.05, 3.63) is 69.7 Å². The standard InChI is InChI=1S/C10H13F.C9H10ClF/c1-7(2)10-5-4-9(11)6-8(10)3;1-6(2)7-3-4-9(11)8(10)5-7/h4-7H,1-3H3;3-6H,1-2H3. The van der Waals surface area contributed by atoms with Crippen LogP contribution in [-0.4, -0.2) is 0 Å². The van der Waals surface area contributed by atoms with E-state index in [9.17, 15) is 8.78 Å². The van der Waals surface area contributed by atoms with Crippen LogP contribution < -0.4 is 0 Å². The van der Waals surface area contributed by atoms with Gasteiger partial charge in [0.05, 0.1) is 5.02 Å². The number of hydrogen-bond acceptors (Lipinski definition) is 0. The van der Waals surface area contributed by atoms with E-state index >= 15 is 0 Å². The average Bonchev–Trinajstić information content (AvgIpc) is 2.41.